The highest BCUT2D eigenvalue weighted by atomic mass is 79.9. The molecule has 0 unspecified atom stereocenters. The van der Waals surface area contributed by atoms with Crippen molar-refractivity contribution in [2.75, 3.05) is 0 Å². The topological polar surface area (TPSA) is 85.1 Å². The number of hydrogen-bond acceptors (Lipinski definition) is 3. The largest absolute Gasteiger partial charge is 0.348 e. The number of amides is 2. The molecule has 0 atom stereocenters. The molecule has 2 aliphatic heterocycles. The normalized spacial score (nSPS) is 13.7. The molecule has 3 aromatic carbocycles. The van der Waals surface area contributed by atoms with Crippen LogP contribution >= 0.6 is 15.9 Å². The molecule has 2 N–H and O–H groups in total. The Morgan fingerprint density at radius 1 is 0.757 bits per heavy atom. The van der Waals surface area contributed by atoms with Gasteiger partial charge in [-0.15, -0.1) is 0 Å². The van der Waals surface area contributed by atoms with Crippen molar-refractivity contribution in [1.82, 2.24) is 19.8 Å². The Morgan fingerprint density at radius 3 is 1.89 bits per heavy atom. The third kappa shape index (κ3) is 3.51. The van der Waals surface area contributed by atoms with E-state index in [1.165, 1.54) is 5.56 Å². The zero-order valence-corrected chi connectivity index (χ0v) is 21.8. The summed E-state index contributed by atoms with van der Waals surface area (Å²) < 4.78 is 5.23. The van der Waals surface area contributed by atoms with Crippen molar-refractivity contribution in [1.29, 1.82) is 0 Å². The van der Waals surface area contributed by atoms with E-state index in [0.717, 1.165) is 60.6 Å². The molecule has 7 nitrogen and oxygen atoms in total. The van der Waals surface area contributed by atoms with Gasteiger partial charge < -0.3 is 19.8 Å². The molecule has 8 heteroatoms. The molecule has 0 fully saturated rings. The van der Waals surface area contributed by atoms with Crippen molar-refractivity contribution in [2.24, 2.45) is 14.1 Å². The molecular weight excluding hydrogens is 532 g/mol. The number of hydrogen-bond donors (Lipinski definition) is 2. The number of aldehydes is 1. The van der Waals surface area contributed by atoms with Crippen LogP contribution in [0.4, 0.5) is 0 Å². The first-order valence-electron chi connectivity index (χ1n) is 11.9. The molecule has 0 aliphatic carbocycles. The minimum Gasteiger partial charge on any atom is -0.348 e. The number of rotatable bonds is 2. The fraction of sp³-hybridized carbons (Fsp3) is 0.138. The summed E-state index contributed by atoms with van der Waals surface area (Å²) in [6.07, 6.45) is 0.841. The molecule has 7 rings (SSSR count). The van der Waals surface area contributed by atoms with Crippen LogP contribution in [0, 0.1) is 0 Å². The Hall–Kier alpha value is -4.17. The van der Waals surface area contributed by atoms with E-state index in [9.17, 15) is 14.4 Å². The summed E-state index contributed by atoms with van der Waals surface area (Å²) >= 11 is 3.55. The molecule has 0 spiro atoms. The molecule has 2 aliphatic rings. The summed E-state index contributed by atoms with van der Waals surface area (Å²) in [7, 11) is 4.00. The van der Waals surface area contributed by atoms with E-state index in [2.05, 4.69) is 35.7 Å². The first kappa shape index (κ1) is 23.2. The van der Waals surface area contributed by atoms with Gasteiger partial charge >= 0.3 is 0 Å². The number of carbonyl (C=O) groups excluding carboxylic acids is 3. The Kier molecular flexibility index (Phi) is 5.49. The highest BCUT2D eigenvalue weighted by Crippen LogP contribution is 2.37. The molecule has 2 aromatic heterocycles. The van der Waals surface area contributed by atoms with Crippen molar-refractivity contribution >= 4 is 55.8 Å². The van der Waals surface area contributed by atoms with Gasteiger partial charge in [-0.3, -0.25) is 14.4 Å². The van der Waals surface area contributed by atoms with E-state index in [4.69, 9.17) is 0 Å². The molecular formula is C29H23BrN4O3. The van der Waals surface area contributed by atoms with Crippen LogP contribution in [0.5, 0.6) is 0 Å². The van der Waals surface area contributed by atoms with Gasteiger partial charge in [0.05, 0.1) is 10.3 Å². The van der Waals surface area contributed by atoms with E-state index in [-0.39, 0.29) is 11.8 Å². The number of nitrogens with zero attached hydrogens (tertiary/aromatic N) is 2. The minimum atomic E-state index is -0.0217. The summed E-state index contributed by atoms with van der Waals surface area (Å²) in [5.74, 6) is -0.00208. The maximum Gasteiger partial charge on any atom is 0.252 e. The molecule has 2 amide bonds. The van der Waals surface area contributed by atoms with Gasteiger partial charge in [-0.25, -0.2) is 0 Å². The molecule has 0 saturated heterocycles. The van der Waals surface area contributed by atoms with E-state index >= 15 is 0 Å². The van der Waals surface area contributed by atoms with Crippen LogP contribution in [0.3, 0.4) is 0 Å². The number of benzene rings is 3. The van der Waals surface area contributed by atoms with Crippen molar-refractivity contribution in [2.45, 2.75) is 13.1 Å². The van der Waals surface area contributed by atoms with Crippen molar-refractivity contribution in [3.8, 4) is 11.3 Å². The number of nitrogens with one attached hydrogen (secondary N) is 2. The first-order valence-corrected chi connectivity index (χ1v) is 12.7. The molecule has 37 heavy (non-hydrogen) atoms. The SMILES string of the molecule is Cn1c(-c2ccc(C=O)cc2)c2c3c(cccc31)C(=O)NC2.Cn1c(Br)c2c3c(cccc31)C(=O)NC2. The zero-order chi connectivity index (χ0) is 25.8. The second-order valence-corrected chi connectivity index (χ2v) is 9.97. The predicted octanol–water partition coefficient (Wildman–Crippen LogP) is 5.09. The van der Waals surface area contributed by atoms with Crippen LogP contribution in [0.25, 0.3) is 33.1 Å². The Bertz CT molecular complexity index is 1760. The predicted molar refractivity (Wildman–Crippen MR) is 147 cm³/mol. The Balaban J connectivity index is 0.000000146. The molecule has 4 heterocycles. The van der Waals surface area contributed by atoms with Gasteiger partial charge in [-0.1, -0.05) is 36.4 Å². The zero-order valence-electron chi connectivity index (χ0n) is 20.3. The van der Waals surface area contributed by atoms with Crippen LogP contribution in [0.1, 0.15) is 42.2 Å². The second kappa shape index (κ2) is 8.74. The van der Waals surface area contributed by atoms with Gasteiger partial charge in [-0.2, -0.15) is 0 Å². The molecule has 0 radical (unpaired) electrons. The van der Waals surface area contributed by atoms with Crippen molar-refractivity contribution < 1.29 is 14.4 Å². The van der Waals surface area contributed by atoms with E-state index in [1.807, 2.05) is 74.8 Å². The second-order valence-electron chi connectivity index (χ2n) is 9.22. The monoisotopic (exact) mass is 554 g/mol. The van der Waals surface area contributed by atoms with Gasteiger partial charge in [0.15, 0.2) is 0 Å². The summed E-state index contributed by atoms with van der Waals surface area (Å²) in [5.41, 5.74) is 8.74. The lowest BCUT2D eigenvalue weighted by Crippen LogP contribution is -2.26. The Labute approximate surface area is 221 Å². The third-order valence-electron chi connectivity index (χ3n) is 7.24. The van der Waals surface area contributed by atoms with Gasteiger partial charge in [-0.05, 0) is 45.8 Å². The molecule has 184 valence electrons. The number of halogens is 1. The molecule has 0 saturated carbocycles. The third-order valence-corrected chi connectivity index (χ3v) is 8.25. The van der Waals surface area contributed by atoms with Crippen LogP contribution in [-0.2, 0) is 27.2 Å². The fourth-order valence-corrected chi connectivity index (χ4v) is 5.98. The summed E-state index contributed by atoms with van der Waals surface area (Å²) in [4.78, 5) is 34.5. The average Bonchev–Trinajstić information content (AvgIpc) is 3.36. The van der Waals surface area contributed by atoms with E-state index in [0.29, 0.717) is 18.7 Å². The Morgan fingerprint density at radius 2 is 1.30 bits per heavy atom. The average molecular weight is 555 g/mol. The highest BCUT2D eigenvalue weighted by Gasteiger charge is 2.26. The van der Waals surface area contributed by atoms with Gasteiger partial charge in [0, 0.05) is 76.8 Å². The number of aryl methyl sites for hydroxylation is 2. The van der Waals surface area contributed by atoms with Crippen LogP contribution < -0.4 is 10.6 Å². The highest BCUT2D eigenvalue weighted by molar-refractivity contribution is 9.10. The summed E-state index contributed by atoms with van der Waals surface area (Å²) in [6.45, 7) is 1.13. The van der Waals surface area contributed by atoms with Gasteiger partial charge in [0.1, 0.15) is 6.29 Å². The molecule has 0 bridgehead atoms. The van der Waals surface area contributed by atoms with Crippen molar-refractivity contribution in [3.63, 3.8) is 0 Å². The van der Waals surface area contributed by atoms with Crippen LogP contribution in [0.15, 0.2) is 65.3 Å². The maximum atomic E-state index is 12.1. The molecule has 5 aromatic rings. The lowest BCUT2D eigenvalue weighted by molar-refractivity contribution is 0.0941. The standard InChI is InChI=1S/C18H14N2O2.C11H9BrN2O/c1-20-15-4-2-3-13-16(15)14(9-19-18(13)22)17(20)12-7-5-11(10-21)6-8-12;1-14-8-4-2-3-6-9(8)7(10(14)12)5-13-11(6)15/h2-8,10H,9H2,1H3,(H,19,22);2-4H,5H2,1H3,(H,13,15). The summed E-state index contributed by atoms with van der Waals surface area (Å²) in [6, 6.07) is 19.1. The van der Waals surface area contributed by atoms with Crippen LogP contribution in [-0.4, -0.2) is 27.2 Å². The first-order chi connectivity index (χ1) is 17.9. The maximum absolute atomic E-state index is 12.1. The quantitative estimate of drug-likeness (QED) is 0.298. The lowest BCUT2D eigenvalue weighted by Gasteiger charge is -2.14. The number of aromatic nitrogens is 2. The lowest BCUT2D eigenvalue weighted by atomic mass is 9.98. The fourth-order valence-electron chi connectivity index (χ4n) is 5.45. The van der Waals surface area contributed by atoms with Gasteiger partial charge in [0.25, 0.3) is 11.8 Å². The van der Waals surface area contributed by atoms with E-state index < -0.39 is 0 Å². The smallest absolute Gasteiger partial charge is 0.252 e. The van der Waals surface area contributed by atoms with Crippen LogP contribution in [0.2, 0.25) is 0 Å². The summed E-state index contributed by atoms with van der Waals surface area (Å²) in [5, 5.41) is 7.92. The van der Waals surface area contributed by atoms with Gasteiger partial charge in [0.2, 0.25) is 0 Å². The van der Waals surface area contributed by atoms with E-state index in [1.54, 1.807) is 0 Å². The van der Waals surface area contributed by atoms with Crippen molar-refractivity contribution in [3.05, 3.63) is 93.1 Å². The minimum absolute atomic E-state index is 0.0196. The number of carbonyl (C=O) groups is 3.